The van der Waals surface area contributed by atoms with Gasteiger partial charge in [-0.05, 0) is 49.4 Å². The van der Waals surface area contributed by atoms with Gasteiger partial charge in [-0.15, -0.1) is 0 Å². The molecule has 2 aromatic rings. The lowest BCUT2D eigenvalue weighted by atomic mass is 9.93. The Bertz CT molecular complexity index is 1270. The first-order valence-electron chi connectivity index (χ1n) is 12.2. The second-order valence-electron chi connectivity index (χ2n) is 9.03. The van der Waals surface area contributed by atoms with E-state index in [1.165, 1.54) is 17.8 Å². The monoisotopic (exact) mass is 517 g/mol. The zero-order valence-electron chi connectivity index (χ0n) is 21.3. The molecule has 8 heteroatoms. The van der Waals surface area contributed by atoms with Crippen LogP contribution in [0.3, 0.4) is 0 Å². The third kappa shape index (κ3) is 6.32. The summed E-state index contributed by atoms with van der Waals surface area (Å²) < 4.78 is 11.5. The van der Waals surface area contributed by atoms with Crippen LogP contribution in [0.2, 0.25) is 0 Å². The standard InChI is InChI=1S/C29H31N3O4S/c1-5-14-35-28(34)26-20(4)31-29-32(23(18-37-29)16-25(33)30-19(2)3)27(26)22-12-9-13-24(15-22)36-17-21-10-7-6-8-11-21/h5-13,15,18-19,27H,1,14,16-17H2,2-4H3,(H,30,33)/t27-/m0/s1. The molecule has 0 aliphatic carbocycles. The molecule has 0 saturated carbocycles. The van der Waals surface area contributed by atoms with Crippen molar-refractivity contribution in [3.63, 3.8) is 0 Å². The average molecular weight is 518 g/mol. The predicted octanol–water partition coefficient (Wildman–Crippen LogP) is 5.48. The van der Waals surface area contributed by atoms with Gasteiger partial charge in [-0.1, -0.05) is 66.9 Å². The second kappa shape index (κ2) is 12.0. The molecule has 1 amide bonds. The molecule has 37 heavy (non-hydrogen) atoms. The van der Waals surface area contributed by atoms with Crippen molar-refractivity contribution in [2.24, 2.45) is 4.99 Å². The molecule has 192 valence electrons. The molecule has 1 atom stereocenters. The SMILES string of the molecule is C=CCOC(=O)C1=C(C)N=C2SC=C(CC(=O)NC(C)C)N2[C@H]1c1cccc(OCc2ccccc2)c1. The average Bonchev–Trinajstić information content (AvgIpc) is 3.27. The second-order valence-corrected chi connectivity index (χ2v) is 9.86. The van der Waals surface area contributed by atoms with E-state index in [9.17, 15) is 9.59 Å². The molecule has 0 fully saturated rings. The number of allylic oxidation sites excluding steroid dienone is 1. The number of fused-ring (bicyclic) bond motifs is 1. The lowest BCUT2D eigenvalue weighted by Gasteiger charge is -2.36. The Kier molecular flexibility index (Phi) is 8.50. The Hall–Kier alpha value is -3.78. The van der Waals surface area contributed by atoms with Crippen LogP contribution >= 0.6 is 11.8 Å². The summed E-state index contributed by atoms with van der Waals surface area (Å²) in [5.74, 6) is 0.115. The summed E-state index contributed by atoms with van der Waals surface area (Å²) >= 11 is 1.44. The molecule has 2 aromatic carbocycles. The minimum absolute atomic E-state index is 0.0254. The van der Waals surface area contributed by atoms with Crippen molar-refractivity contribution in [3.8, 4) is 5.75 Å². The summed E-state index contributed by atoms with van der Waals surface area (Å²) in [4.78, 5) is 32.6. The smallest absolute Gasteiger partial charge is 0.338 e. The van der Waals surface area contributed by atoms with E-state index in [1.807, 2.05) is 85.7 Å². The Morgan fingerprint density at radius 3 is 2.70 bits per heavy atom. The van der Waals surface area contributed by atoms with Gasteiger partial charge in [0.25, 0.3) is 0 Å². The van der Waals surface area contributed by atoms with Crippen molar-refractivity contribution >= 4 is 28.8 Å². The van der Waals surface area contributed by atoms with Crippen LogP contribution in [0.4, 0.5) is 0 Å². The molecule has 7 nitrogen and oxygen atoms in total. The number of thioether (sulfide) groups is 1. The van der Waals surface area contributed by atoms with E-state index < -0.39 is 12.0 Å². The van der Waals surface area contributed by atoms with Gasteiger partial charge in [-0.25, -0.2) is 9.79 Å². The summed E-state index contributed by atoms with van der Waals surface area (Å²) in [7, 11) is 0. The van der Waals surface area contributed by atoms with Gasteiger partial charge in [0, 0.05) is 11.7 Å². The summed E-state index contributed by atoms with van der Waals surface area (Å²) in [6, 6.07) is 17.1. The topological polar surface area (TPSA) is 80.2 Å². The zero-order chi connectivity index (χ0) is 26.4. The van der Waals surface area contributed by atoms with E-state index in [1.54, 1.807) is 0 Å². The highest BCUT2D eigenvalue weighted by Gasteiger charge is 2.41. The molecule has 1 N–H and O–H groups in total. The number of carbonyl (C=O) groups is 2. The van der Waals surface area contributed by atoms with Crippen molar-refractivity contribution < 1.29 is 19.1 Å². The van der Waals surface area contributed by atoms with Crippen molar-refractivity contribution in [2.75, 3.05) is 6.61 Å². The number of aliphatic imine (C=N–C) groups is 1. The Morgan fingerprint density at radius 2 is 1.97 bits per heavy atom. The number of rotatable bonds is 10. The lowest BCUT2D eigenvalue weighted by molar-refractivity contribution is -0.138. The largest absolute Gasteiger partial charge is 0.489 e. The summed E-state index contributed by atoms with van der Waals surface area (Å²) in [6.45, 7) is 9.81. The van der Waals surface area contributed by atoms with Crippen LogP contribution in [0.1, 0.15) is 44.4 Å². The number of ether oxygens (including phenoxy) is 2. The van der Waals surface area contributed by atoms with E-state index in [2.05, 4.69) is 11.9 Å². The van der Waals surface area contributed by atoms with Gasteiger partial charge in [0.2, 0.25) is 5.91 Å². The number of hydrogen-bond acceptors (Lipinski definition) is 7. The number of hydrogen-bond donors (Lipinski definition) is 1. The molecule has 0 spiro atoms. The quantitative estimate of drug-likeness (QED) is 0.332. The first kappa shape index (κ1) is 26.3. The van der Waals surface area contributed by atoms with Crippen LogP contribution in [-0.2, 0) is 20.9 Å². The Balaban J connectivity index is 1.68. The molecule has 0 bridgehead atoms. The molecule has 0 saturated heterocycles. The van der Waals surface area contributed by atoms with Crippen LogP contribution in [0.15, 0.2) is 94.6 Å². The fourth-order valence-corrected chi connectivity index (χ4v) is 5.18. The number of esters is 1. The van der Waals surface area contributed by atoms with Gasteiger partial charge in [0.15, 0.2) is 5.17 Å². The summed E-state index contributed by atoms with van der Waals surface area (Å²) in [6.07, 6.45) is 1.70. The summed E-state index contributed by atoms with van der Waals surface area (Å²) in [5.41, 5.74) is 3.66. The number of nitrogens with one attached hydrogen (secondary N) is 1. The molecular weight excluding hydrogens is 486 g/mol. The van der Waals surface area contributed by atoms with Gasteiger partial charge in [-0.3, -0.25) is 4.79 Å². The van der Waals surface area contributed by atoms with Crippen LogP contribution in [-0.4, -0.2) is 34.6 Å². The highest BCUT2D eigenvalue weighted by Crippen LogP contribution is 2.45. The lowest BCUT2D eigenvalue weighted by Crippen LogP contribution is -2.38. The first-order chi connectivity index (χ1) is 17.9. The van der Waals surface area contributed by atoms with Crippen LogP contribution in [0.5, 0.6) is 5.75 Å². The van der Waals surface area contributed by atoms with Gasteiger partial charge in [0.05, 0.1) is 23.7 Å². The number of amidine groups is 1. The maximum Gasteiger partial charge on any atom is 0.338 e. The van der Waals surface area contributed by atoms with Crippen molar-refractivity contribution in [2.45, 2.75) is 45.9 Å². The molecule has 2 aliphatic rings. The summed E-state index contributed by atoms with van der Waals surface area (Å²) in [5, 5.41) is 5.58. The first-order valence-corrected chi connectivity index (χ1v) is 13.0. The van der Waals surface area contributed by atoms with Crippen LogP contribution < -0.4 is 10.1 Å². The van der Waals surface area contributed by atoms with E-state index in [4.69, 9.17) is 14.5 Å². The molecule has 0 unspecified atom stereocenters. The van der Waals surface area contributed by atoms with Crippen molar-refractivity contribution in [1.82, 2.24) is 10.2 Å². The van der Waals surface area contributed by atoms with E-state index in [0.717, 1.165) is 16.8 Å². The van der Waals surface area contributed by atoms with Crippen molar-refractivity contribution in [3.05, 3.63) is 101 Å². The minimum atomic E-state index is -0.529. The van der Waals surface area contributed by atoms with Crippen LogP contribution in [0.25, 0.3) is 0 Å². The predicted molar refractivity (Wildman–Crippen MR) is 147 cm³/mol. The highest BCUT2D eigenvalue weighted by molar-refractivity contribution is 8.16. The number of benzene rings is 2. The Labute approximate surface area is 221 Å². The van der Waals surface area contributed by atoms with E-state index >= 15 is 0 Å². The van der Waals surface area contributed by atoms with Gasteiger partial charge in [-0.2, -0.15) is 0 Å². The van der Waals surface area contributed by atoms with Crippen LogP contribution in [0, 0.1) is 0 Å². The van der Waals surface area contributed by atoms with Gasteiger partial charge in [0.1, 0.15) is 19.0 Å². The highest BCUT2D eigenvalue weighted by atomic mass is 32.2. The number of carbonyl (C=O) groups excluding carboxylic acids is 2. The minimum Gasteiger partial charge on any atom is -0.489 e. The molecule has 0 radical (unpaired) electrons. The third-order valence-electron chi connectivity index (χ3n) is 5.77. The van der Waals surface area contributed by atoms with Gasteiger partial charge < -0.3 is 19.7 Å². The molecule has 4 rings (SSSR count). The fraction of sp³-hybridized carbons (Fsp3) is 0.276. The molecule has 2 aliphatic heterocycles. The van der Waals surface area contributed by atoms with Gasteiger partial charge >= 0.3 is 5.97 Å². The molecule has 0 aromatic heterocycles. The normalized spacial score (nSPS) is 16.6. The fourth-order valence-electron chi connectivity index (χ4n) is 4.21. The number of nitrogens with zero attached hydrogens (tertiary/aromatic N) is 2. The molecular formula is C29H31N3O4S. The van der Waals surface area contributed by atoms with Crippen molar-refractivity contribution in [1.29, 1.82) is 0 Å². The third-order valence-corrected chi connectivity index (χ3v) is 6.66. The Morgan fingerprint density at radius 1 is 1.19 bits per heavy atom. The number of amides is 1. The van der Waals surface area contributed by atoms with E-state index in [-0.39, 0.29) is 25.0 Å². The molecule has 2 heterocycles. The maximum absolute atomic E-state index is 13.2. The maximum atomic E-state index is 13.2. The zero-order valence-corrected chi connectivity index (χ0v) is 22.1. The van der Waals surface area contributed by atoms with E-state index in [0.29, 0.717) is 28.8 Å².